The summed E-state index contributed by atoms with van der Waals surface area (Å²) in [6.07, 6.45) is 3.32. The van der Waals surface area contributed by atoms with E-state index in [-0.39, 0.29) is 17.6 Å². The van der Waals surface area contributed by atoms with Crippen molar-refractivity contribution in [3.63, 3.8) is 0 Å². The van der Waals surface area contributed by atoms with Gasteiger partial charge in [0, 0.05) is 31.0 Å². The predicted octanol–water partition coefficient (Wildman–Crippen LogP) is 1.93. The molecule has 1 fully saturated rings. The number of nitro groups is 1. The molecule has 0 bridgehead atoms. The van der Waals surface area contributed by atoms with E-state index >= 15 is 0 Å². The van der Waals surface area contributed by atoms with Crippen molar-refractivity contribution in [1.82, 2.24) is 9.47 Å². The Bertz CT molecular complexity index is 486. The third-order valence-corrected chi connectivity index (χ3v) is 3.98. The van der Waals surface area contributed by atoms with E-state index in [4.69, 9.17) is 0 Å². The molecule has 0 spiro atoms. The van der Waals surface area contributed by atoms with Crippen LogP contribution in [0.5, 0.6) is 0 Å². The number of halogens is 1. The van der Waals surface area contributed by atoms with E-state index in [1.165, 1.54) is 16.8 Å². The van der Waals surface area contributed by atoms with Crippen LogP contribution >= 0.6 is 15.9 Å². The van der Waals surface area contributed by atoms with Gasteiger partial charge in [-0.1, -0.05) is 15.9 Å². The number of carbonyl (C=O) groups is 1. The summed E-state index contributed by atoms with van der Waals surface area (Å²) in [6, 6.07) is 1.53. The molecule has 6 nitrogen and oxygen atoms in total. The fourth-order valence-electron chi connectivity index (χ4n) is 2.27. The van der Waals surface area contributed by atoms with Crippen molar-refractivity contribution in [2.45, 2.75) is 18.9 Å². The van der Waals surface area contributed by atoms with Gasteiger partial charge in [0.25, 0.3) is 11.6 Å². The van der Waals surface area contributed by atoms with Gasteiger partial charge in [0.05, 0.1) is 11.1 Å². The predicted molar refractivity (Wildman–Crippen MR) is 69.9 cm³/mol. The van der Waals surface area contributed by atoms with Crippen molar-refractivity contribution in [3.05, 3.63) is 28.1 Å². The summed E-state index contributed by atoms with van der Waals surface area (Å²) in [5.74, 6) is -0.132. The van der Waals surface area contributed by atoms with Gasteiger partial charge >= 0.3 is 0 Å². The zero-order chi connectivity index (χ0) is 13.3. The minimum absolute atomic E-state index is 0.0459. The van der Waals surface area contributed by atoms with Crippen LogP contribution in [0.2, 0.25) is 0 Å². The zero-order valence-electron chi connectivity index (χ0n) is 10.0. The van der Waals surface area contributed by atoms with E-state index in [1.807, 2.05) is 0 Å². The molecule has 1 atom stereocenters. The Balaban J connectivity index is 2.25. The number of aryl methyl sites for hydroxylation is 1. The van der Waals surface area contributed by atoms with Crippen LogP contribution in [0.1, 0.15) is 23.3 Å². The Kier molecular flexibility index (Phi) is 3.70. The van der Waals surface area contributed by atoms with Gasteiger partial charge in [0.1, 0.15) is 5.69 Å². The first-order valence-electron chi connectivity index (χ1n) is 5.72. The second kappa shape index (κ2) is 5.09. The van der Waals surface area contributed by atoms with Crippen LogP contribution in [-0.4, -0.2) is 38.2 Å². The third kappa shape index (κ3) is 2.27. The molecule has 0 radical (unpaired) electrons. The topological polar surface area (TPSA) is 68.4 Å². The van der Waals surface area contributed by atoms with Crippen LogP contribution in [0.25, 0.3) is 0 Å². The molecular weight excluding hydrogens is 302 g/mol. The average Bonchev–Trinajstić information content (AvgIpc) is 2.93. The lowest BCUT2D eigenvalue weighted by atomic mass is 10.2. The lowest BCUT2D eigenvalue weighted by molar-refractivity contribution is -0.384. The fraction of sp³-hybridized carbons (Fsp3) is 0.545. The number of carbonyl (C=O) groups excluding carboxylic acids is 1. The normalized spacial score (nSPS) is 19.2. The van der Waals surface area contributed by atoms with Gasteiger partial charge in [0.2, 0.25) is 0 Å². The summed E-state index contributed by atoms with van der Waals surface area (Å²) in [5, 5.41) is 11.4. The Morgan fingerprint density at radius 1 is 1.67 bits per heavy atom. The number of amides is 1. The monoisotopic (exact) mass is 315 g/mol. The molecule has 1 amide bonds. The first kappa shape index (κ1) is 13.1. The average molecular weight is 316 g/mol. The molecule has 98 valence electrons. The molecule has 2 rings (SSSR count). The molecule has 0 saturated carbocycles. The molecule has 7 heteroatoms. The number of likely N-dealkylation sites (tertiary alicyclic amines) is 1. The number of alkyl halides is 1. The molecular formula is C11H14BrN3O3. The van der Waals surface area contributed by atoms with Crippen LogP contribution in [0.3, 0.4) is 0 Å². The summed E-state index contributed by atoms with van der Waals surface area (Å²) in [7, 11) is 1.65. The Morgan fingerprint density at radius 3 is 2.94 bits per heavy atom. The molecule has 1 aromatic heterocycles. The standard InChI is InChI=1S/C11H14BrN3O3/c1-13-7-9(15(17)18)5-10(13)11(16)14-4-2-3-8(14)6-12/h5,7-8H,2-4,6H2,1H3. The number of nitrogens with zero attached hydrogens (tertiary/aromatic N) is 3. The van der Waals surface area contributed by atoms with Gasteiger partial charge in [-0.2, -0.15) is 0 Å². The van der Waals surface area contributed by atoms with Gasteiger partial charge < -0.3 is 9.47 Å². The van der Waals surface area contributed by atoms with E-state index in [0.29, 0.717) is 12.2 Å². The molecule has 1 aliphatic rings. The molecule has 0 N–H and O–H groups in total. The van der Waals surface area contributed by atoms with E-state index < -0.39 is 4.92 Å². The summed E-state index contributed by atoms with van der Waals surface area (Å²) >= 11 is 3.40. The maximum Gasteiger partial charge on any atom is 0.287 e. The minimum atomic E-state index is -0.483. The number of aromatic nitrogens is 1. The maximum absolute atomic E-state index is 12.3. The number of hydrogen-bond acceptors (Lipinski definition) is 3. The van der Waals surface area contributed by atoms with Crippen LogP contribution in [-0.2, 0) is 7.05 Å². The summed E-state index contributed by atoms with van der Waals surface area (Å²) < 4.78 is 1.52. The summed E-state index contributed by atoms with van der Waals surface area (Å²) in [6.45, 7) is 0.716. The largest absolute Gasteiger partial charge is 0.340 e. The molecule has 1 aromatic rings. The number of rotatable bonds is 3. The minimum Gasteiger partial charge on any atom is -0.340 e. The first-order valence-corrected chi connectivity index (χ1v) is 6.84. The van der Waals surface area contributed by atoms with Gasteiger partial charge in [-0.05, 0) is 12.8 Å². The highest BCUT2D eigenvalue weighted by atomic mass is 79.9. The molecule has 2 heterocycles. The van der Waals surface area contributed by atoms with Crippen LogP contribution < -0.4 is 0 Å². The van der Waals surface area contributed by atoms with Gasteiger partial charge in [-0.25, -0.2) is 0 Å². The van der Waals surface area contributed by atoms with Gasteiger partial charge in [-0.3, -0.25) is 14.9 Å². The highest BCUT2D eigenvalue weighted by molar-refractivity contribution is 9.09. The Labute approximate surface area is 113 Å². The molecule has 1 saturated heterocycles. The van der Waals surface area contributed by atoms with Crippen molar-refractivity contribution in [2.75, 3.05) is 11.9 Å². The lowest BCUT2D eigenvalue weighted by Gasteiger charge is -2.22. The summed E-state index contributed by atoms with van der Waals surface area (Å²) in [4.78, 5) is 24.3. The van der Waals surface area contributed by atoms with Crippen LogP contribution in [0.15, 0.2) is 12.3 Å². The Hall–Kier alpha value is -1.37. The van der Waals surface area contributed by atoms with Crippen LogP contribution in [0, 0.1) is 10.1 Å². The molecule has 0 aliphatic carbocycles. The molecule has 0 aromatic carbocycles. The quantitative estimate of drug-likeness (QED) is 0.486. The van der Waals surface area contributed by atoms with Gasteiger partial charge in [-0.15, -0.1) is 0 Å². The van der Waals surface area contributed by atoms with Crippen molar-refractivity contribution in [2.24, 2.45) is 7.05 Å². The maximum atomic E-state index is 12.3. The Morgan fingerprint density at radius 2 is 2.39 bits per heavy atom. The van der Waals surface area contributed by atoms with E-state index in [9.17, 15) is 14.9 Å². The fourth-order valence-corrected chi connectivity index (χ4v) is 2.94. The molecule has 18 heavy (non-hydrogen) atoms. The second-order valence-electron chi connectivity index (χ2n) is 4.40. The van der Waals surface area contributed by atoms with Crippen molar-refractivity contribution in [1.29, 1.82) is 0 Å². The van der Waals surface area contributed by atoms with Gasteiger partial charge in [0.15, 0.2) is 0 Å². The molecule has 1 aliphatic heterocycles. The summed E-state index contributed by atoms with van der Waals surface area (Å²) in [5.41, 5.74) is 0.324. The zero-order valence-corrected chi connectivity index (χ0v) is 11.6. The van der Waals surface area contributed by atoms with E-state index in [0.717, 1.165) is 18.2 Å². The van der Waals surface area contributed by atoms with Crippen LogP contribution in [0.4, 0.5) is 5.69 Å². The first-order chi connectivity index (χ1) is 8.54. The van der Waals surface area contributed by atoms with E-state index in [1.54, 1.807) is 11.9 Å². The van der Waals surface area contributed by atoms with Crippen molar-refractivity contribution >= 4 is 27.5 Å². The SMILES string of the molecule is Cn1cc([N+](=O)[O-])cc1C(=O)N1CCCC1CBr. The molecule has 1 unspecified atom stereocenters. The third-order valence-electron chi connectivity index (χ3n) is 3.24. The lowest BCUT2D eigenvalue weighted by Crippen LogP contribution is -2.37. The smallest absolute Gasteiger partial charge is 0.287 e. The number of hydrogen-bond donors (Lipinski definition) is 0. The highest BCUT2D eigenvalue weighted by Crippen LogP contribution is 2.23. The highest BCUT2D eigenvalue weighted by Gasteiger charge is 2.30. The second-order valence-corrected chi connectivity index (χ2v) is 5.05. The van der Waals surface area contributed by atoms with E-state index in [2.05, 4.69) is 15.9 Å². The van der Waals surface area contributed by atoms with Crippen molar-refractivity contribution in [3.8, 4) is 0 Å². The van der Waals surface area contributed by atoms with Crippen molar-refractivity contribution < 1.29 is 9.72 Å².